The Morgan fingerprint density at radius 3 is 2.55 bits per heavy atom. The summed E-state index contributed by atoms with van der Waals surface area (Å²) in [7, 11) is 0. The minimum Gasteiger partial charge on any atom is -0.316 e. The molecule has 0 amide bonds. The van der Waals surface area contributed by atoms with E-state index in [2.05, 4.69) is 32.3 Å². The predicted octanol–water partition coefficient (Wildman–Crippen LogP) is 2.69. The predicted molar refractivity (Wildman–Crippen MR) is 53.8 cm³/mol. The molecule has 1 rings (SSSR count). The van der Waals surface area contributed by atoms with Crippen LogP contribution >= 0.6 is 0 Å². The van der Waals surface area contributed by atoms with Gasteiger partial charge in [-0.15, -0.1) is 13.2 Å². The minimum absolute atomic E-state index is 0. The van der Waals surface area contributed by atoms with Crippen LogP contribution in [0.25, 0.3) is 0 Å². The van der Waals surface area contributed by atoms with Crippen molar-refractivity contribution in [3.05, 3.63) is 13.2 Å². The molecule has 0 aromatic heterocycles. The van der Waals surface area contributed by atoms with Crippen LogP contribution in [0, 0.1) is 11.8 Å². The lowest BCUT2D eigenvalue weighted by molar-refractivity contribution is 0.438. The van der Waals surface area contributed by atoms with Gasteiger partial charge in [0.15, 0.2) is 0 Å². The van der Waals surface area contributed by atoms with E-state index < -0.39 is 0 Å². The normalized spacial score (nSPS) is 23.0. The summed E-state index contributed by atoms with van der Waals surface area (Å²) in [6, 6.07) is 0. The Hall–Kier alpha value is -0.300. The van der Waals surface area contributed by atoms with Gasteiger partial charge < -0.3 is 5.32 Å². The quantitative estimate of drug-likeness (QED) is 0.608. The van der Waals surface area contributed by atoms with E-state index in [0.717, 1.165) is 11.8 Å². The summed E-state index contributed by atoms with van der Waals surface area (Å²) in [5, 5.41) is 3.38. The molecule has 0 bridgehead atoms. The number of hydrogen-bond donors (Lipinski definition) is 1. The van der Waals surface area contributed by atoms with E-state index in [1.807, 2.05) is 0 Å². The lowest BCUT2D eigenvalue weighted by Crippen LogP contribution is -2.10. The second-order valence-corrected chi connectivity index (χ2v) is 3.49. The van der Waals surface area contributed by atoms with Crippen molar-refractivity contribution in [3.8, 4) is 0 Å². The fourth-order valence-electron chi connectivity index (χ4n) is 1.58. The first-order valence-electron chi connectivity index (χ1n) is 4.49. The van der Waals surface area contributed by atoms with E-state index in [1.165, 1.54) is 25.9 Å². The first-order valence-corrected chi connectivity index (χ1v) is 4.49. The molecule has 0 aliphatic carbocycles. The van der Waals surface area contributed by atoms with Crippen molar-refractivity contribution in [1.82, 2.24) is 5.32 Å². The van der Waals surface area contributed by atoms with Crippen LogP contribution in [0.5, 0.6) is 0 Å². The van der Waals surface area contributed by atoms with E-state index in [1.54, 1.807) is 0 Å². The van der Waals surface area contributed by atoms with Crippen molar-refractivity contribution >= 4 is 0 Å². The second-order valence-electron chi connectivity index (χ2n) is 3.49. The average molecular weight is 157 g/mol. The Labute approximate surface area is 72.4 Å². The highest BCUT2D eigenvalue weighted by molar-refractivity contribution is 4.71. The lowest BCUT2D eigenvalue weighted by atomic mass is 9.97. The van der Waals surface area contributed by atoms with Gasteiger partial charge in [-0.2, -0.15) is 0 Å². The zero-order valence-corrected chi connectivity index (χ0v) is 7.90. The largest absolute Gasteiger partial charge is 0.316 e. The molecule has 68 valence electrons. The van der Waals surface area contributed by atoms with Gasteiger partial charge in [-0.25, -0.2) is 0 Å². The Morgan fingerprint density at radius 2 is 2.18 bits per heavy atom. The molecule has 0 spiro atoms. The minimum atomic E-state index is 0. The highest BCUT2D eigenvalue weighted by Gasteiger charge is 2.14. The molecule has 0 radical (unpaired) electrons. The van der Waals surface area contributed by atoms with Crippen molar-refractivity contribution in [2.75, 3.05) is 13.1 Å². The van der Waals surface area contributed by atoms with Crippen LogP contribution in [0.1, 0.15) is 28.1 Å². The van der Waals surface area contributed by atoms with Gasteiger partial charge >= 0.3 is 0 Å². The second kappa shape index (κ2) is 6.41. The number of nitrogens with one attached hydrogen (secondary N) is 1. The van der Waals surface area contributed by atoms with Gasteiger partial charge in [0, 0.05) is 1.43 Å². The van der Waals surface area contributed by atoms with Crippen LogP contribution in [0.4, 0.5) is 0 Å². The summed E-state index contributed by atoms with van der Waals surface area (Å²) in [5.74, 6) is 1.86. The highest BCUT2D eigenvalue weighted by Crippen LogP contribution is 2.17. The zero-order chi connectivity index (χ0) is 8.69. The molecule has 0 saturated carbocycles. The Kier molecular flexibility index (Phi) is 6.24. The molecule has 1 saturated heterocycles. The smallest absolute Gasteiger partial charge is 0 e. The first-order chi connectivity index (χ1) is 5.29. The van der Waals surface area contributed by atoms with Crippen molar-refractivity contribution in [2.45, 2.75) is 26.7 Å². The van der Waals surface area contributed by atoms with Gasteiger partial charge in [-0.3, -0.25) is 0 Å². The van der Waals surface area contributed by atoms with E-state index >= 15 is 0 Å². The molecular formula is C10H23N. The third kappa shape index (κ3) is 5.02. The standard InChI is InChI=1S/C8H17N.C2H4.H2/c1-7(2)5-8-3-4-9-6-8;1-2;/h7-9H,3-6H2,1-2H3;1-2H2;1H/t8-;;/m1../s1. The number of hydrogen-bond acceptors (Lipinski definition) is 1. The molecule has 1 atom stereocenters. The van der Waals surface area contributed by atoms with Crippen LogP contribution in [-0.2, 0) is 0 Å². The van der Waals surface area contributed by atoms with Gasteiger partial charge in [0.25, 0.3) is 0 Å². The molecule has 1 heterocycles. The molecule has 1 aliphatic rings. The molecule has 0 aromatic carbocycles. The molecule has 1 aliphatic heterocycles. The molecular weight excluding hydrogens is 134 g/mol. The molecule has 1 N–H and O–H groups in total. The van der Waals surface area contributed by atoms with Crippen molar-refractivity contribution in [3.63, 3.8) is 0 Å². The van der Waals surface area contributed by atoms with Crippen LogP contribution in [0.3, 0.4) is 0 Å². The molecule has 1 fully saturated rings. The first kappa shape index (κ1) is 10.7. The van der Waals surface area contributed by atoms with Gasteiger partial charge in [-0.05, 0) is 37.8 Å². The van der Waals surface area contributed by atoms with Crippen LogP contribution < -0.4 is 5.32 Å². The van der Waals surface area contributed by atoms with Gasteiger partial charge in [-0.1, -0.05) is 13.8 Å². The van der Waals surface area contributed by atoms with Crippen molar-refractivity contribution in [2.24, 2.45) is 11.8 Å². The Balaban J connectivity index is 0. The molecule has 0 unspecified atom stereocenters. The van der Waals surface area contributed by atoms with Crippen LogP contribution in [0.2, 0.25) is 0 Å². The summed E-state index contributed by atoms with van der Waals surface area (Å²) < 4.78 is 0. The third-order valence-electron chi connectivity index (χ3n) is 1.97. The van der Waals surface area contributed by atoms with Crippen LogP contribution in [0.15, 0.2) is 13.2 Å². The molecule has 0 aromatic rings. The van der Waals surface area contributed by atoms with E-state index in [-0.39, 0.29) is 1.43 Å². The van der Waals surface area contributed by atoms with E-state index in [4.69, 9.17) is 0 Å². The van der Waals surface area contributed by atoms with Gasteiger partial charge in [0.1, 0.15) is 0 Å². The van der Waals surface area contributed by atoms with Crippen molar-refractivity contribution in [1.29, 1.82) is 0 Å². The van der Waals surface area contributed by atoms with Crippen LogP contribution in [-0.4, -0.2) is 13.1 Å². The number of rotatable bonds is 2. The maximum absolute atomic E-state index is 3.38. The third-order valence-corrected chi connectivity index (χ3v) is 1.97. The fraction of sp³-hybridized carbons (Fsp3) is 0.800. The van der Waals surface area contributed by atoms with E-state index in [9.17, 15) is 0 Å². The maximum atomic E-state index is 3.38. The van der Waals surface area contributed by atoms with E-state index in [0.29, 0.717) is 0 Å². The molecule has 1 heteroatoms. The summed E-state index contributed by atoms with van der Waals surface area (Å²) in [6.45, 7) is 13.1. The summed E-state index contributed by atoms with van der Waals surface area (Å²) in [6.07, 6.45) is 2.81. The maximum Gasteiger partial charge on any atom is 0 e. The fourth-order valence-corrected chi connectivity index (χ4v) is 1.58. The SMILES string of the molecule is C=C.CC(C)C[C@H]1CCNC1.[HH]. The topological polar surface area (TPSA) is 12.0 Å². The molecule has 11 heavy (non-hydrogen) atoms. The van der Waals surface area contributed by atoms with Gasteiger partial charge in [0.2, 0.25) is 0 Å². The Bertz CT molecular complexity index is 87.8. The average Bonchev–Trinajstić information content (AvgIpc) is 2.43. The summed E-state index contributed by atoms with van der Waals surface area (Å²) in [4.78, 5) is 0. The summed E-state index contributed by atoms with van der Waals surface area (Å²) >= 11 is 0. The Morgan fingerprint density at radius 1 is 1.55 bits per heavy atom. The van der Waals surface area contributed by atoms with Gasteiger partial charge in [0.05, 0.1) is 0 Å². The molecule has 1 nitrogen and oxygen atoms in total. The zero-order valence-electron chi connectivity index (χ0n) is 7.90. The lowest BCUT2D eigenvalue weighted by Gasteiger charge is -2.09. The van der Waals surface area contributed by atoms with Crippen molar-refractivity contribution < 1.29 is 1.43 Å². The highest BCUT2D eigenvalue weighted by atomic mass is 14.9. The summed E-state index contributed by atoms with van der Waals surface area (Å²) in [5.41, 5.74) is 0. The monoisotopic (exact) mass is 157 g/mol.